The number of ether oxygens (including phenoxy) is 1. The van der Waals surface area contributed by atoms with E-state index in [9.17, 15) is 9.59 Å². The van der Waals surface area contributed by atoms with E-state index >= 15 is 0 Å². The van der Waals surface area contributed by atoms with Crippen molar-refractivity contribution >= 4 is 5.78 Å². The smallest absolute Gasteiger partial charge is 0.191 e. The minimum absolute atomic E-state index is 0.0146. The van der Waals surface area contributed by atoms with E-state index < -0.39 is 0 Å². The first-order valence-electron chi connectivity index (χ1n) is 8.79. The van der Waals surface area contributed by atoms with Gasteiger partial charge in [-0.15, -0.1) is 0 Å². The zero-order valence-corrected chi connectivity index (χ0v) is 15.8. The van der Waals surface area contributed by atoms with Gasteiger partial charge in [-0.3, -0.25) is 9.59 Å². The zero-order chi connectivity index (χ0) is 18.2. The summed E-state index contributed by atoms with van der Waals surface area (Å²) in [7, 11) is 0. The summed E-state index contributed by atoms with van der Waals surface area (Å²) in [5.41, 5.74) is 1.92. The Labute approximate surface area is 143 Å². The molecule has 1 aromatic rings. The van der Waals surface area contributed by atoms with Gasteiger partial charge in [0.2, 0.25) is 0 Å². The molecule has 0 aromatic carbocycles. The maximum Gasteiger partial charge on any atom is 0.191 e. The Kier molecular flexibility index (Phi) is 5.36. The van der Waals surface area contributed by atoms with Crippen LogP contribution in [0, 0.1) is 19.8 Å². The third-order valence-corrected chi connectivity index (χ3v) is 5.20. The van der Waals surface area contributed by atoms with Crippen molar-refractivity contribution in [1.82, 2.24) is 0 Å². The quantitative estimate of drug-likeness (QED) is 0.829. The molecule has 0 saturated heterocycles. The summed E-state index contributed by atoms with van der Waals surface area (Å²) in [5.74, 6) is 1.68. The second kappa shape index (κ2) is 6.96. The molecule has 0 aliphatic carbocycles. The Bertz CT molecular complexity index is 739. The minimum atomic E-state index is -0.255. The predicted molar refractivity (Wildman–Crippen MR) is 94.3 cm³/mol. The van der Waals surface area contributed by atoms with Gasteiger partial charge in [0, 0.05) is 23.1 Å². The fourth-order valence-electron chi connectivity index (χ4n) is 3.52. The van der Waals surface area contributed by atoms with Crippen molar-refractivity contribution in [1.29, 1.82) is 0 Å². The van der Waals surface area contributed by atoms with Crippen molar-refractivity contribution in [3.05, 3.63) is 44.2 Å². The Morgan fingerprint density at radius 3 is 2.25 bits per heavy atom. The van der Waals surface area contributed by atoms with Crippen LogP contribution in [0.2, 0.25) is 0 Å². The lowest BCUT2D eigenvalue weighted by atomic mass is 9.86. The monoisotopic (exact) mass is 332 g/mol. The van der Waals surface area contributed by atoms with Gasteiger partial charge < -0.3 is 9.15 Å². The van der Waals surface area contributed by atoms with Gasteiger partial charge in [0.15, 0.2) is 11.2 Å². The summed E-state index contributed by atoms with van der Waals surface area (Å²) in [6.07, 6.45) is 1.31. The number of hydrogen-bond acceptors (Lipinski definition) is 4. The normalized spacial score (nSPS) is 22.5. The van der Waals surface area contributed by atoms with E-state index in [1.54, 1.807) is 20.8 Å². The minimum Gasteiger partial charge on any atom is -0.493 e. The number of Topliss-reactive ketones (excluding diaryl/α,β-unsaturated/α-hetero) is 1. The lowest BCUT2D eigenvalue weighted by molar-refractivity contribution is -0.125. The van der Waals surface area contributed by atoms with E-state index in [4.69, 9.17) is 9.15 Å². The highest BCUT2D eigenvalue weighted by molar-refractivity contribution is 5.98. The van der Waals surface area contributed by atoms with Gasteiger partial charge in [0.05, 0.1) is 11.8 Å². The highest BCUT2D eigenvalue weighted by atomic mass is 16.5. The molecule has 2 heterocycles. The molecule has 132 valence electrons. The van der Waals surface area contributed by atoms with Gasteiger partial charge in [-0.25, -0.2) is 0 Å². The maximum atomic E-state index is 12.5. The lowest BCUT2D eigenvalue weighted by Crippen LogP contribution is -2.35. The van der Waals surface area contributed by atoms with Crippen LogP contribution in [0.5, 0.6) is 0 Å². The summed E-state index contributed by atoms with van der Waals surface area (Å²) in [6.45, 7) is 13.2. The van der Waals surface area contributed by atoms with E-state index in [1.807, 2.05) is 27.7 Å². The van der Waals surface area contributed by atoms with Gasteiger partial charge in [-0.05, 0) is 34.1 Å². The summed E-state index contributed by atoms with van der Waals surface area (Å²) in [4.78, 5) is 25.0. The number of ketones is 1. The molecule has 24 heavy (non-hydrogen) atoms. The summed E-state index contributed by atoms with van der Waals surface area (Å²) in [6, 6.07) is 0. The highest BCUT2D eigenvalue weighted by Gasteiger charge is 2.36. The van der Waals surface area contributed by atoms with Crippen molar-refractivity contribution in [2.75, 3.05) is 0 Å². The fraction of sp³-hybridized carbons (Fsp3) is 0.600. The highest BCUT2D eigenvalue weighted by Crippen LogP contribution is 2.36. The largest absolute Gasteiger partial charge is 0.493 e. The molecule has 0 amide bonds. The lowest BCUT2D eigenvalue weighted by Gasteiger charge is -2.33. The molecule has 0 spiro atoms. The Hall–Kier alpha value is -1.84. The van der Waals surface area contributed by atoms with Crippen LogP contribution in [0.3, 0.4) is 0 Å². The third-order valence-electron chi connectivity index (χ3n) is 5.20. The molecule has 0 unspecified atom stereocenters. The number of carbonyl (C=O) groups excluding carboxylic acids is 1. The van der Waals surface area contributed by atoms with E-state index in [0.717, 1.165) is 6.42 Å². The molecule has 4 heteroatoms. The van der Waals surface area contributed by atoms with Crippen molar-refractivity contribution < 1.29 is 13.9 Å². The second-order valence-electron chi connectivity index (χ2n) is 6.75. The SMILES string of the molecule is CCc1oc([C@@H](C)C2=C(C)C(=O)[C@@H](C)[C@H](CC)O2)c(C)c(=O)c1C. The Morgan fingerprint density at radius 2 is 1.71 bits per heavy atom. The molecule has 1 aromatic heterocycles. The fourth-order valence-corrected chi connectivity index (χ4v) is 3.52. The van der Waals surface area contributed by atoms with Gasteiger partial charge in [0.25, 0.3) is 0 Å². The Balaban J connectivity index is 2.56. The Morgan fingerprint density at radius 1 is 1.08 bits per heavy atom. The van der Waals surface area contributed by atoms with Crippen molar-refractivity contribution in [3.63, 3.8) is 0 Å². The van der Waals surface area contributed by atoms with E-state index in [-0.39, 0.29) is 29.2 Å². The van der Waals surface area contributed by atoms with Gasteiger partial charge in [0.1, 0.15) is 23.4 Å². The van der Waals surface area contributed by atoms with Crippen LogP contribution in [0.25, 0.3) is 0 Å². The van der Waals surface area contributed by atoms with Gasteiger partial charge in [-0.1, -0.05) is 20.8 Å². The van der Waals surface area contributed by atoms with Crippen LogP contribution in [0.1, 0.15) is 69.6 Å². The van der Waals surface area contributed by atoms with Crippen molar-refractivity contribution in [2.45, 2.75) is 73.3 Å². The van der Waals surface area contributed by atoms with Crippen molar-refractivity contribution in [3.8, 4) is 0 Å². The first-order valence-corrected chi connectivity index (χ1v) is 8.79. The summed E-state index contributed by atoms with van der Waals surface area (Å²) in [5, 5.41) is 0. The molecule has 0 saturated carbocycles. The van der Waals surface area contributed by atoms with Crippen LogP contribution in [-0.4, -0.2) is 11.9 Å². The molecule has 1 aliphatic rings. The van der Waals surface area contributed by atoms with E-state index in [2.05, 4.69) is 0 Å². The van der Waals surface area contributed by atoms with Crippen LogP contribution >= 0.6 is 0 Å². The number of allylic oxidation sites excluding steroid dienone is 2. The molecule has 0 radical (unpaired) electrons. The number of rotatable bonds is 4. The first-order chi connectivity index (χ1) is 11.2. The van der Waals surface area contributed by atoms with Gasteiger partial charge in [-0.2, -0.15) is 0 Å². The van der Waals surface area contributed by atoms with Crippen LogP contribution in [0.15, 0.2) is 20.5 Å². The van der Waals surface area contributed by atoms with Gasteiger partial charge >= 0.3 is 0 Å². The number of hydrogen-bond donors (Lipinski definition) is 0. The molecule has 0 bridgehead atoms. The molecule has 3 atom stereocenters. The van der Waals surface area contributed by atoms with Crippen molar-refractivity contribution in [2.24, 2.45) is 5.92 Å². The maximum absolute atomic E-state index is 12.5. The third kappa shape index (κ3) is 2.94. The zero-order valence-electron chi connectivity index (χ0n) is 15.8. The molecular weight excluding hydrogens is 304 g/mol. The predicted octanol–water partition coefficient (Wildman–Crippen LogP) is 4.21. The molecule has 1 aliphatic heterocycles. The molecule has 2 rings (SSSR count). The summed E-state index contributed by atoms with van der Waals surface area (Å²) < 4.78 is 12.2. The average Bonchev–Trinajstić information content (AvgIpc) is 2.58. The van der Waals surface area contributed by atoms with Crippen LogP contribution in [0.4, 0.5) is 0 Å². The topological polar surface area (TPSA) is 56.5 Å². The standard InChI is InChI=1S/C20H28O4/c1-8-15-10(3)17(21)12(5)19(23-15)14(7)20-13(6)18(22)11(4)16(9-2)24-20/h10,14-15H,8-9H2,1-7H3/t10-,14-,15-/m0/s1. The molecule has 4 nitrogen and oxygen atoms in total. The van der Waals surface area contributed by atoms with E-state index in [0.29, 0.717) is 40.4 Å². The second-order valence-corrected chi connectivity index (χ2v) is 6.75. The molecule has 0 N–H and O–H groups in total. The van der Waals surface area contributed by atoms with Crippen LogP contribution in [-0.2, 0) is 16.0 Å². The number of carbonyl (C=O) groups is 1. The van der Waals surface area contributed by atoms with Crippen LogP contribution < -0.4 is 5.43 Å². The van der Waals surface area contributed by atoms with E-state index in [1.165, 1.54) is 0 Å². The molecule has 0 fully saturated rings. The first kappa shape index (κ1) is 18.5. The number of aryl methyl sites for hydroxylation is 1. The summed E-state index contributed by atoms with van der Waals surface area (Å²) >= 11 is 0. The average molecular weight is 332 g/mol. The molecular formula is C20H28O4.